The quantitative estimate of drug-likeness (QED) is 0.776. The van der Waals surface area contributed by atoms with Crippen molar-refractivity contribution in [3.63, 3.8) is 0 Å². The minimum atomic E-state index is -3.41. The molecule has 1 rings (SSSR count). The van der Waals surface area contributed by atoms with Gasteiger partial charge in [0.25, 0.3) is 0 Å². The van der Waals surface area contributed by atoms with E-state index in [1.807, 2.05) is 6.07 Å². The standard InChI is InChI=1S/C11H15O4P/c1-9(11(12)13)7-16(14,15)8-10-5-3-2-4-6-10/h2-6,9H,7-8H2,1H3,(H,12,13)(H,14,15). The van der Waals surface area contributed by atoms with E-state index in [0.717, 1.165) is 5.56 Å². The van der Waals surface area contributed by atoms with Gasteiger partial charge in [0.05, 0.1) is 5.92 Å². The van der Waals surface area contributed by atoms with E-state index in [-0.39, 0.29) is 12.3 Å². The first-order valence-corrected chi connectivity index (χ1v) is 7.01. The summed E-state index contributed by atoms with van der Waals surface area (Å²) in [6, 6.07) is 8.92. The van der Waals surface area contributed by atoms with Gasteiger partial charge in [0, 0.05) is 12.3 Å². The first kappa shape index (κ1) is 12.9. The van der Waals surface area contributed by atoms with E-state index < -0.39 is 19.3 Å². The summed E-state index contributed by atoms with van der Waals surface area (Å²) in [5.41, 5.74) is 0.755. The van der Waals surface area contributed by atoms with Crippen molar-refractivity contribution < 1.29 is 19.4 Å². The number of benzene rings is 1. The average Bonchev–Trinajstić information content (AvgIpc) is 2.17. The van der Waals surface area contributed by atoms with Crippen LogP contribution in [0, 0.1) is 5.92 Å². The second kappa shape index (κ2) is 5.28. The summed E-state index contributed by atoms with van der Waals surface area (Å²) in [5, 5.41) is 8.68. The molecule has 0 heterocycles. The fourth-order valence-corrected chi connectivity index (χ4v) is 3.36. The monoisotopic (exact) mass is 242 g/mol. The molecule has 16 heavy (non-hydrogen) atoms. The average molecular weight is 242 g/mol. The highest BCUT2D eigenvalue weighted by Gasteiger charge is 2.25. The molecule has 0 radical (unpaired) electrons. The highest BCUT2D eigenvalue weighted by molar-refractivity contribution is 7.57. The minimum absolute atomic E-state index is 0.0332. The molecule has 0 spiro atoms. The normalized spacial score (nSPS) is 16.4. The number of carbonyl (C=O) groups is 1. The molecule has 0 aliphatic carbocycles. The van der Waals surface area contributed by atoms with E-state index in [1.54, 1.807) is 24.3 Å². The number of carboxylic acids is 1. The minimum Gasteiger partial charge on any atom is -0.481 e. The number of carboxylic acid groups (broad SMARTS) is 1. The van der Waals surface area contributed by atoms with Gasteiger partial charge in [-0.1, -0.05) is 37.3 Å². The molecule has 0 aromatic heterocycles. The largest absolute Gasteiger partial charge is 0.481 e. The number of rotatable bonds is 5. The zero-order chi connectivity index (χ0) is 12.2. The molecular weight excluding hydrogens is 227 g/mol. The fourth-order valence-electron chi connectivity index (χ4n) is 1.44. The van der Waals surface area contributed by atoms with Gasteiger partial charge in [-0.25, -0.2) is 0 Å². The zero-order valence-electron chi connectivity index (χ0n) is 9.04. The maximum Gasteiger partial charge on any atom is 0.306 e. The summed E-state index contributed by atoms with van der Waals surface area (Å²) < 4.78 is 11.8. The van der Waals surface area contributed by atoms with Gasteiger partial charge in [-0.3, -0.25) is 9.36 Å². The topological polar surface area (TPSA) is 74.6 Å². The fraction of sp³-hybridized carbons (Fsp3) is 0.364. The van der Waals surface area contributed by atoms with Crippen LogP contribution in [-0.4, -0.2) is 22.1 Å². The van der Waals surface area contributed by atoms with Crippen LogP contribution in [0.25, 0.3) is 0 Å². The van der Waals surface area contributed by atoms with Gasteiger partial charge in [-0.2, -0.15) is 0 Å². The smallest absolute Gasteiger partial charge is 0.306 e. The van der Waals surface area contributed by atoms with Crippen LogP contribution in [0.2, 0.25) is 0 Å². The van der Waals surface area contributed by atoms with Crippen molar-refractivity contribution in [3.05, 3.63) is 35.9 Å². The van der Waals surface area contributed by atoms with Gasteiger partial charge >= 0.3 is 5.97 Å². The molecular formula is C11H15O4P. The van der Waals surface area contributed by atoms with E-state index in [1.165, 1.54) is 6.92 Å². The summed E-state index contributed by atoms with van der Waals surface area (Å²) in [6.07, 6.45) is -0.150. The lowest BCUT2D eigenvalue weighted by Crippen LogP contribution is -2.14. The molecule has 5 heteroatoms. The van der Waals surface area contributed by atoms with E-state index in [4.69, 9.17) is 5.11 Å². The molecule has 88 valence electrons. The van der Waals surface area contributed by atoms with Crippen molar-refractivity contribution in [2.45, 2.75) is 13.1 Å². The van der Waals surface area contributed by atoms with Crippen LogP contribution in [0.4, 0.5) is 0 Å². The Morgan fingerprint density at radius 2 is 1.94 bits per heavy atom. The van der Waals surface area contributed by atoms with Crippen molar-refractivity contribution in [2.24, 2.45) is 5.92 Å². The van der Waals surface area contributed by atoms with Crippen LogP contribution in [0.5, 0.6) is 0 Å². The van der Waals surface area contributed by atoms with Gasteiger partial charge in [-0.05, 0) is 5.56 Å². The lowest BCUT2D eigenvalue weighted by atomic mass is 10.2. The van der Waals surface area contributed by atoms with Crippen molar-refractivity contribution in [2.75, 3.05) is 6.16 Å². The molecule has 2 atom stereocenters. The Balaban J connectivity index is 2.66. The van der Waals surface area contributed by atoms with Crippen molar-refractivity contribution in [1.82, 2.24) is 0 Å². The summed E-state index contributed by atoms with van der Waals surface area (Å²) >= 11 is 0. The predicted octanol–water partition coefficient (Wildman–Crippen LogP) is 2.18. The molecule has 2 unspecified atom stereocenters. The second-order valence-electron chi connectivity index (χ2n) is 3.91. The number of aliphatic carboxylic acids is 1. The third-order valence-electron chi connectivity index (χ3n) is 2.25. The molecule has 0 saturated carbocycles. The first-order chi connectivity index (χ1) is 7.41. The van der Waals surface area contributed by atoms with Gasteiger partial charge in [-0.15, -0.1) is 0 Å². The maximum absolute atomic E-state index is 11.8. The lowest BCUT2D eigenvalue weighted by Gasteiger charge is -2.14. The van der Waals surface area contributed by atoms with Gasteiger partial charge in [0.2, 0.25) is 7.37 Å². The summed E-state index contributed by atoms with van der Waals surface area (Å²) in [7, 11) is -3.41. The second-order valence-corrected chi connectivity index (χ2v) is 6.29. The van der Waals surface area contributed by atoms with Gasteiger partial charge < -0.3 is 10.00 Å². The Labute approximate surface area is 94.4 Å². The van der Waals surface area contributed by atoms with Crippen molar-refractivity contribution >= 4 is 13.3 Å². The molecule has 0 aliphatic heterocycles. The van der Waals surface area contributed by atoms with Crippen molar-refractivity contribution in [3.8, 4) is 0 Å². The molecule has 2 N–H and O–H groups in total. The maximum atomic E-state index is 11.8. The molecule has 0 fully saturated rings. The Hall–Kier alpha value is -1.12. The van der Waals surface area contributed by atoms with Gasteiger partial charge in [0.1, 0.15) is 0 Å². The number of hydrogen-bond donors (Lipinski definition) is 2. The Bertz CT molecular complexity index is 402. The van der Waals surface area contributed by atoms with Gasteiger partial charge in [0.15, 0.2) is 0 Å². The highest BCUT2D eigenvalue weighted by atomic mass is 31.2. The molecule has 4 nitrogen and oxygen atoms in total. The predicted molar refractivity (Wildman–Crippen MR) is 61.6 cm³/mol. The van der Waals surface area contributed by atoms with E-state index >= 15 is 0 Å². The van der Waals surface area contributed by atoms with Crippen LogP contribution in [0.1, 0.15) is 12.5 Å². The van der Waals surface area contributed by atoms with E-state index in [0.29, 0.717) is 0 Å². The van der Waals surface area contributed by atoms with E-state index in [9.17, 15) is 14.3 Å². The summed E-state index contributed by atoms with van der Waals surface area (Å²) in [4.78, 5) is 20.3. The Morgan fingerprint density at radius 3 is 2.44 bits per heavy atom. The molecule has 1 aromatic rings. The molecule has 0 amide bonds. The molecule has 1 aromatic carbocycles. The third-order valence-corrected chi connectivity index (χ3v) is 4.23. The van der Waals surface area contributed by atoms with Crippen LogP contribution < -0.4 is 0 Å². The molecule has 0 bridgehead atoms. The van der Waals surface area contributed by atoms with Crippen LogP contribution in [0.3, 0.4) is 0 Å². The van der Waals surface area contributed by atoms with Crippen LogP contribution >= 0.6 is 7.37 Å². The van der Waals surface area contributed by atoms with Crippen LogP contribution in [0.15, 0.2) is 30.3 Å². The highest BCUT2D eigenvalue weighted by Crippen LogP contribution is 2.46. The Kier molecular flexibility index (Phi) is 4.27. The third kappa shape index (κ3) is 4.17. The summed E-state index contributed by atoms with van der Waals surface area (Å²) in [6.45, 7) is 1.44. The first-order valence-electron chi connectivity index (χ1n) is 4.98. The summed E-state index contributed by atoms with van der Waals surface area (Å²) in [5.74, 6) is -1.83. The zero-order valence-corrected chi connectivity index (χ0v) is 9.93. The van der Waals surface area contributed by atoms with E-state index in [2.05, 4.69) is 0 Å². The SMILES string of the molecule is CC(CP(=O)(O)Cc1ccccc1)C(=O)O. The Morgan fingerprint density at radius 1 is 1.38 bits per heavy atom. The molecule has 0 aliphatic rings. The van der Waals surface area contributed by atoms with Crippen LogP contribution in [-0.2, 0) is 15.5 Å². The van der Waals surface area contributed by atoms with Crippen molar-refractivity contribution in [1.29, 1.82) is 0 Å². The molecule has 0 saturated heterocycles. The number of hydrogen-bond acceptors (Lipinski definition) is 2. The lowest BCUT2D eigenvalue weighted by molar-refractivity contribution is -0.140.